The quantitative estimate of drug-likeness (QED) is 0.156. The number of nitrogens with one attached hydrogen (secondary N) is 3. The molecule has 16 heteroatoms. The standard InChI is InChI=1S/C29H32N4O4.C28H30N4O4/c1-28(2,3)37-27(35)33-15-29(16-33)13-23-24(26(34)31-29)20-11-8-18-14-30-22(12-21(18)25(20)32(23)4)17-6-9-19(36-5)10-7-17;1-27(2,3)36-26(34)32-14-28(15-32)12-22-23(25(33)31-28)19-10-7-17-13-29-21(11-20(17)24(19)30-22)16-5-8-18(35-4)9-6-16/h6-7,9-10,12,14H,8,11,13,15-16H2,1-5H3,(H,31,34);5-6,8-9,11,13,30H,7,10,12,14-15H2,1-4H3,(H,31,33). The van der Waals surface area contributed by atoms with Gasteiger partial charge in [0.25, 0.3) is 11.8 Å². The number of carbonyl (C=O) groups is 4. The van der Waals surface area contributed by atoms with Crippen molar-refractivity contribution in [1.82, 2.24) is 40.0 Å². The number of likely N-dealkylation sites (tertiary alicyclic amines) is 2. The highest BCUT2D eigenvalue weighted by molar-refractivity contribution is 6.03. The number of ether oxygens (including phenoxy) is 4. The first-order chi connectivity index (χ1) is 34.7. The topological polar surface area (TPSA) is 182 Å². The number of pyridine rings is 2. The van der Waals surface area contributed by atoms with Gasteiger partial charge in [0, 0.05) is 92.1 Å². The molecule has 0 unspecified atom stereocenters. The van der Waals surface area contributed by atoms with Crippen LogP contribution in [-0.4, -0.2) is 116 Å². The fraction of sp³-hybridized carbons (Fsp3) is 0.404. The van der Waals surface area contributed by atoms with Gasteiger partial charge in [-0.3, -0.25) is 19.6 Å². The number of carbonyl (C=O) groups excluding carboxylic acids is 4. The number of nitrogens with zero attached hydrogens (tertiary/aromatic N) is 5. The number of H-pyrrole nitrogens is 1. The SMILES string of the molecule is COc1ccc(-c2cc3c(cn2)CCc2c-3[nH]c3c2C(=O)NC2(C3)CN(C(=O)OC(C)(C)C)C2)cc1.COc1ccc(-c2cc3c(cn2)CCc2c4c(n(C)c2-3)CC2(CN(C(=O)OC(C)(C)C)C2)NC4=O)cc1. The van der Waals surface area contributed by atoms with Gasteiger partial charge in [0.2, 0.25) is 0 Å². The summed E-state index contributed by atoms with van der Waals surface area (Å²) in [5.74, 6) is 1.50. The van der Waals surface area contributed by atoms with Crippen LogP contribution in [0.15, 0.2) is 73.1 Å². The van der Waals surface area contributed by atoms with Crippen molar-refractivity contribution < 1.29 is 38.1 Å². The highest BCUT2D eigenvalue weighted by Gasteiger charge is 2.53. The summed E-state index contributed by atoms with van der Waals surface area (Å²) >= 11 is 0. The van der Waals surface area contributed by atoms with Gasteiger partial charge in [0.1, 0.15) is 22.7 Å². The summed E-state index contributed by atoms with van der Waals surface area (Å²) in [5, 5.41) is 6.45. The number of fused-ring (bicyclic) bond motifs is 10. The number of aromatic nitrogens is 4. The van der Waals surface area contributed by atoms with E-state index >= 15 is 0 Å². The zero-order valence-corrected chi connectivity index (χ0v) is 43.0. The minimum atomic E-state index is -0.549. The number of aromatic amines is 1. The van der Waals surface area contributed by atoms with E-state index in [1.165, 1.54) is 11.1 Å². The van der Waals surface area contributed by atoms with Crippen LogP contribution in [-0.2, 0) is 55.0 Å². The van der Waals surface area contributed by atoms with Crippen LogP contribution in [0.1, 0.15) is 95.9 Å². The zero-order valence-electron chi connectivity index (χ0n) is 43.0. The highest BCUT2D eigenvalue weighted by Crippen LogP contribution is 2.45. The van der Waals surface area contributed by atoms with Crippen LogP contribution in [0.3, 0.4) is 0 Å². The van der Waals surface area contributed by atoms with Crippen molar-refractivity contribution in [2.75, 3.05) is 40.4 Å². The molecule has 0 saturated carbocycles. The Kier molecular flexibility index (Phi) is 11.3. The van der Waals surface area contributed by atoms with Crippen LogP contribution in [0.4, 0.5) is 9.59 Å². The van der Waals surface area contributed by atoms with Crippen molar-refractivity contribution in [3.05, 3.63) is 118 Å². The first-order valence-electron chi connectivity index (χ1n) is 25.0. The molecule has 2 aliphatic carbocycles. The number of hydrogen-bond acceptors (Lipinski definition) is 10. The maximum Gasteiger partial charge on any atom is 0.410 e. The van der Waals surface area contributed by atoms with E-state index in [1.807, 2.05) is 102 Å². The maximum absolute atomic E-state index is 13.5. The second-order valence-electron chi connectivity index (χ2n) is 22.4. The number of hydrogen-bond donors (Lipinski definition) is 3. The summed E-state index contributed by atoms with van der Waals surface area (Å²) in [5.41, 5.74) is 14.2. The number of methoxy groups -OCH3 is 2. The molecule has 8 heterocycles. The molecule has 3 N–H and O–H groups in total. The van der Waals surface area contributed by atoms with E-state index in [0.29, 0.717) is 39.0 Å². The fourth-order valence-electron chi connectivity index (χ4n) is 11.5. The molecule has 6 aliphatic rings. The lowest BCUT2D eigenvalue weighted by molar-refractivity contribution is -0.0172. The molecule has 4 aromatic heterocycles. The van der Waals surface area contributed by atoms with Crippen LogP contribution < -0.4 is 20.1 Å². The predicted molar refractivity (Wildman–Crippen MR) is 275 cm³/mol. The molecule has 2 spiro atoms. The molecule has 16 nitrogen and oxygen atoms in total. The molecular weight excluding hydrogens is 925 g/mol. The Morgan fingerprint density at radius 2 is 1.08 bits per heavy atom. The molecule has 4 amide bonds. The summed E-state index contributed by atoms with van der Waals surface area (Å²) in [6, 6.07) is 20.0. The minimum Gasteiger partial charge on any atom is -0.497 e. The first-order valence-corrected chi connectivity index (χ1v) is 25.0. The summed E-state index contributed by atoms with van der Waals surface area (Å²) in [6.07, 6.45) is 7.87. The van der Waals surface area contributed by atoms with Crippen molar-refractivity contribution in [3.63, 3.8) is 0 Å². The molecule has 378 valence electrons. The van der Waals surface area contributed by atoms with E-state index in [-0.39, 0.29) is 24.0 Å². The van der Waals surface area contributed by atoms with Crippen LogP contribution in [0.5, 0.6) is 11.5 Å². The van der Waals surface area contributed by atoms with Crippen molar-refractivity contribution >= 4 is 24.0 Å². The van der Waals surface area contributed by atoms with Crippen molar-refractivity contribution in [3.8, 4) is 56.5 Å². The smallest absolute Gasteiger partial charge is 0.410 e. The Balaban J connectivity index is 0.000000157. The number of benzene rings is 2. The third kappa shape index (κ3) is 8.63. The second-order valence-corrected chi connectivity index (χ2v) is 22.4. The second kappa shape index (κ2) is 17.3. The summed E-state index contributed by atoms with van der Waals surface area (Å²) < 4.78 is 23.8. The van der Waals surface area contributed by atoms with E-state index in [1.54, 1.807) is 24.0 Å². The molecule has 0 radical (unpaired) electrons. The van der Waals surface area contributed by atoms with E-state index in [2.05, 4.69) is 39.4 Å². The monoisotopic (exact) mass is 986 g/mol. The Labute approximate surface area is 424 Å². The van der Waals surface area contributed by atoms with Gasteiger partial charge >= 0.3 is 12.2 Å². The van der Waals surface area contributed by atoms with Crippen molar-refractivity contribution in [2.24, 2.45) is 7.05 Å². The molecule has 73 heavy (non-hydrogen) atoms. The molecule has 0 atom stereocenters. The number of aryl methyl sites for hydroxylation is 2. The Hall–Kier alpha value is -7.62. The lowest BCUT2D eigenvalue weighted by Crippen LogP contribution is -2.74. The van der Waals surface area contributed by atoms with Crippen molar-refractivity contribution in [2.45, 2.75) is 102 Å². The van der Waals surface area contributed by atoms with E-state index in [4.69, 9.17) is 28.9 Å². The number of rotatable bonds is 4. The van der Waals surface area contributed by atoms with Crippen LogP contribution in [0.25, 0.3) is 45.0 Å². The molecular formula is C57H62N8O8. The summed E-state index contributed by atoms with van der Waals surface area (Å²) in [4.78, 5) is 68.1. The van der Waals surface area contributed by atoms with Gasteiger partial charge in [0.05, 0.1) is 59.2 Å². The van der Waals surface area contributed by atoms with Gasteiger partial charge < -0.3 is 48.9 Å². The largest absolute Gasteiger partial charge is 0.497 e. The van der Waals surface area contributed by atoms with Gasteiger partial charge in [-0.15, -0.1) is 0 Å². The molecule has 0 bridgehead atoms. The third-order valence-electron chi connectivity index (χ3n) is 14.9. The van der Waals surface area contributed by atoms with Gasteiger partial charge in [-0.25, -0.2) is 9.59 Å². The van der Waals surface area contributed by atoms with Gasteiger partial charge in [-0.05, 0) is 150 Å². The molecule has 12 rings (SSSR count). The molecule has 2 fully saturated rings. The summed E-state index contributed by atoms with van der Waals surface area (Å²) in [6.45, 7) is 12.9. The molecule has 6 aromatic rings. The van der Waals surface area contributed by atoms with E-state index in [0.717, 1.165) is 116 Å². The van der Waals surface area contributed by atoms with Crippen LogP contribution in [0, 0.1) is 0 Å². The Morgan fingerprint density at radius 1 is 0.616 bits per heavy atom. The van der Waals surface area contributed by atoms with Crippen LogP contribution in [0.2, 0.25) is 0 Å². The Bertz CT molecular complexity index is 3240. The normalized spacial score (nSPS) is 17.4. The molecule has 2 saturated heterocycles. The Morgan fingerprint density at radius 3 is 1.59 bits per heavy atom. The summed E-state index contributed by atoms with van der Waals surface area (Å²) in [7, 11) is 5.36. The lowest BCUT2D eigenvalue weighted by atomic mass is 9.80. The van der Waals surface area contributed by atoms with E-state index < -0.39 is 22.3 Å². The fourth-order valence-corrected chi connectivity index (χ4v) is 11.5. The number of amides is 4. The average molecular weight is 987 g/mol. The van der Waals surface area contributed by atoms with Gasteiger partial charge in [-0.1, -0.05) is 0 Å². The van der Waals surface area contributed by atoms with E-state index in [9.17, 15) is 19.2 Å². The predicted octanol–water partition coefficient (Wildman–Crippen LogP) is 8.26. The van der Waals surface area contributed by atoms with Crippen molar-refractivity contribution in [1.29, 1.82) is 0 Å². The minimum absolute atomic E-state index is 0.0465. The highest BCUT2D eigenvalue weighted by atomic mass is 16.6. The maximum atomic E-state index is 13.5. The third-order valence-corrected chi connectivity index (χ3v) is 14.9. The average Bonchev–Trinajstić information content (AvgIpc) is 3.86. The molecule has 4 aliphatic heterocycles. The van der Waals surface area contributed by atoms with Gasteiger partial charge in [-0.2, -0.15) is 0 Å². The zero-order chi connectivity index (χ0) is 51.4. The lowest BCUT2D eigenvalue weighted by Gasteiger charge is -2.51. The van der Waals surface area contributed by atoms with Gasteiger partial charge in [0.15, 0.2) is 0 Å². The molecule has 2 aromatic carbocycles. The van der Waals surface area contributed by atoms with Crippen LogP contribution >= 0.6 is 0 Å². The first kappa shape index (κ1) is 47.7.